The van der Waals surface area contributed by atoms with E-state index in [0.29, 0.717) is 10.6 Å². The van der Waals surface area contributed by atoms with E-state index in [0.717, 1.165) is 35.6 Å². The Labute approximate surface area is 118 Å². The number of H-pyrrole nitrogens is 1. The van der Waals surface area contributed by atoms with Crippen molar-refractivity contribution in [2.75, 3.05) is 0 Å². The van der Waals surface area contributed by atoms with Crippen LogP contribution < -0.4 is 0 Å². The monoisotopic (exact) mass is 276 g/mol. The number of rotatable bonds is 4. The van der Waals surface area contributed by atoms with Crippen molar-refractivity contribution < 1.29 is 0 Å². The van der Waals surface area contributed by atoms with Crippen LogP contribution >= 0.6 is 12.2 Å². The van der Waals surface area contributed by atoms with Gasteiger partial charge >= 0.3 is 0 Å². The number of aryl methyl sites for hydroxylation is 1. The maximum Gasteiger partial charge on any atom is 0.133 e. The maximum atomic E-state index is 5.35. The van der Waals surface area contributed by atoms with Gasteiger partial charge < -0.3 is 4.98 Å². The number of nitrogens with zero attached hydrogens (tertiary/aromatic N) is 3. The van der Waals surface area contributed by atoms with Gasteiger partial charge in [-0.3, -0.25) is 4.68 Å². The van der Waals surface area contributed by atoms with E-state index in [1.54, 1.807) is 0 Å². The molecule has 0 unspecified atom stereocenters. The Morgan fingerprint density at radius 3 is 2.79 bits per heavy atom. The van der Waals surface area contributed by atoms with Crippen LogP contribution in [0.1, 0.15) is 44.5 Å². The summed E-state index contributed by atoms with van der Waals surface area (Å²) < 4.78 is 2.63. The van der Waals surface area contributed by atoms with E-state index in [9.17, 15) is 0 Å². The normalized spacial score (nSPS) is 11.2. The standard InChI is InChI=1S/C14H20N4S/c1-5-6-18-8-11(7-15-18)12-10(4)14(19)17-13(16-12)9(2)3/h7-9H,5-6H2,1-4H3,(H,16,17,19). The van der Waals surface area contributed by atoms with Crippen LogP contribution in [0.5, 0.6) is 0 Å². The molecule has 2 heterocycles. The number of nitrogens with one attached hydrogen (secondary N) is 1. The molecule has 4 nitrogen and oxygen atoms in total. The van der Waals surface area contributed by atoms with Crippen LogP contribution in [0.4, 0.5) is 0 Å². The van der Waals surface area contributed by atoms with E-state index in [1.807, 2.05) is 17.8 Å². The minimum Gasteiger partial charge on any atom is -0.343 e. The topological polar surface area (TPSA) is 46.5 Å². The minimum absolute atomic E-state index is 0.326. The average Bonchev–Trinajstić information content (AvgIpc) is 2.81. The Hall–Kier alpha value is -1.49. The fraction of sp³-hybridized carbons (Fsp3) is 0.500. The van der Waals surface area contributed by atoms with E-state index in [2.05, 4.69) is 42.0 Å². The highest BCUT2D eigenvalue weighted by Crippen LogP contribution is 2.23. The first kappa shape index (κ1) is 13.9. The van der Waals surface area contributed by atoms with Crippen molar-refractivity contribution in [1.82, 2.24) is 19.7 Å². The summed E-state index contributed by atoms with van der Waals surface area (Å²) in [4.78, 5) is 7.83. The molecule has 0 aliphatic heterocycles. The molecule has 1 N–H and O–H groups in total. The van der Waals surface area contributed by atoms with Gasteiger partial charge in [-0.15, -0.1) is 0 Å². The van der Waals surface area contributed by atoms with Crippen LogP contribution in [-0.4, -0.2) is 19.7 Å². The quantitative estimate of drug-likeness (QED) is 0.863. The third-order valence-corrected chi connectivity index (χ3v) is 3.49. The summed E-state index contributed by atoms with van der Waals surface area (Å²) in [6, 6.07) is 0. The van der Waals surface area contributed by atoms with Crippen LogP contribution in [0, 0.1) is 11.6 Å². The number of aromatic amines is 1. The van der Waals surface area contributed by atoms with Crippen LogP contribution in [0.15, 0.2) is 12.4 Å². The Balaban J connectivity index is 2.50. The molecule has 0 spiro atoms. The lowest BCUT2D eigenvalue weighted by atomic mass is 10.1. The molecule has 0 atom stereocenters. The Bertz CT molecular complexity index is 625. The minimum atomic E-state index is 0.326. The molecular weight excluding hydrogens is 256 g/mol. The van der Waals surface area contributed by atoms with Gasteiger partial charge in [0.05, 0.1) is 11.9 Å². The predicted molar refractivity (Wildman–Crippen MR) is 79.8 cm³/mol. The first-order valence-electron chi connectivity index (χ1n) is 6.66. The number of aromatic nitrogens is 4. The van der Waals surface area contributed by atoms with Crippen molar-refractivity contribution in [2.45, 2.75) is 46.6 Å². The SMILES string of the molecule is CCCn1cc(-c2[nH]c(C(C)C)nc(=S)c2C)cn1. The van der Waals surface area contributed by atoms with Gasteiger partial charge in [0.25, 0.3) is 0 Å². The predicted octanol–water partition coefficient (Wildman–Crippen LogP) is 3.84. The van der Waals surface area contributed by atoms with Crippen molar-refractivity contribution in [3.05, 3.63) is 28.4 Å². The van der Waals surface area contributed by atoms with Gasteiger partial charge in [-0.2, -0.15) is 5.10 Å². The zero-order valence-electron chi connectivity index (χ0n) is 11.9. The molecule has 0 saturated heterocycles. The van der Waals surface area contributed by atoms with Crippen molar-refractivity contribution in [2.24, 2.45) is 0 Å². The third-order valence-electron chi connectivity index (χ3n) is 3.09. The Kier molecular flexibility index (Phi) is 4.14. The zero-order chi connectivity index (χ0) is 14.0. The molecule has 19 heavy (non-hydrogen) atoms. The molecule has 0 aliphatic carbocycles. The highest BCUT2D eigenvalue weighted by molar-refractivity contribution is 7.71. The first-order valence-corrected chi connectivity index (χ1v) is 7.07. The molecule has 2 aromatic rings. The second-order valence-electron chi connectivity index (χ2n) is 5.07. The van der Waals surface area contributed by atoms with E-state index in [4.69, 9.17) is 12.2 Å². The van der Waals surface area contributed by atoms with E-state index < -0.39 is 0 Å². The molecular formula is C14H20N4S. The average molecular weight is 276 g/mol. The van der Waals surface area contributed by atoms with Crippen LogP contribution in [0.3, 0.4) is 0 Å². The molecule has 5 heteroatoms. The third kappa shape index (κ3) is 2.92. The lowest BCUT2D eigenvalue weighted by molar-refractivity contribution is 0.603. The zero-order valence-corrected chi connectivity index (χ0v) is 12.7. The number of hydrogen-bond acceptors (Lipinski definition) is 3. The summed E-state index contributed by atoms with van der Waals surface area (Å²) in [5, 5.41) is 4.37. The highest BCUT2D eigenvalue weighted by atomic mass is 32.1. The van der Waals surface area contributed by atoms with E-state index in [-0.39, 0.29) is 0 Å². The fourth-order valence-electron chi connectivity index (χ4n) is 1.96. The summed E-state index contributed by atoms with van der Waals surface area (Å²) in [5.41, 5.74) is 3.11. The maximum absolute atomic E-state index is 5.35. The summed E-state index contributed by atoms with van der Waals surface area (Å²) in [5.74, 6) is 1.25. The number of hydrogen-bond donors (Lipinski definition) is 1. The van der Waals surface area contributed by atoms with Gasteiger partial charge in [0.1, 0.15) is 10.5 Å². The summed E-state index contributed by atoms with van der Waals surface area (Å²) in [7, 11) is 0. The molecule has 0 saturated carbocycles. The van der Waals surface area contributed by atoms with E-state index >= 15 is 0 Å². The highest BCUT2D eigenvalue weighted by Gasteiger charge is 2.11. The van der Waals surface area contributed by atoms with E-state index in [1.165, 1.54) is 0 Å². The van der Waals surface area contributed by atoms with Gasteiger partial charge in [0.2, 0.25) is 0 Å². The lowest BCUT2D eigenvalue weighted by Crippen LogP contribution is -2.02. The van der Waals surface area contributed by atoms with Crippen molar-refractivity contribution in [3.8, 4) is 11.3 Å². The van der Waals surface area contributed by atoms with Crippen LogP contribution in [-0.2, 0) is 6.54 Å². The van der Waals surface area contributed by atoms with Crippen LogP contribution in [0.25, 0.3) is 11.3 Å². The molecule has 0 radical (unpaired) electrons. The second-order valence-corrected chi connectivity index (χ2v) is 5.46. The van der Waals surface area contributed by atoms with Crippen molar-refractivity contribution >= 4 is 12.2 Å². The Morgan fingerprint density at radius 1 is 1.42 bits per heavy atom. The molecule has 102 valence electrons. The smallest absolute Gasteiger partial charge is 0.133 e. The van der Waals surface area contributed by atoms with Gasteiger partial charge in [-0.1, -0.05) is 33.0 Å². The molecule has 2 aromatic heterocycles. The molecule has 0 bridgehead atoms. The summed E-state index contributed by atoms with van der Waals surface area (Å²) >= 11 is 5.35. The lowest BCUT2D eigenvalue weighted by Gasteiger charge is -2.10. The van der Waals surface area contributed by atoms with Crippen molar-refractivity contribution in [3.63, 3.8) is 0 Å². The van der Waals surface area contributed by atoms with Gasteiger partial charge in [0, 0.05) is 29.8 Å². The van der Waals surface area contributed by atoms with Crippen molar-refractivity contribution in [1.29, 1.82) is 0 Å². The van der Waals surface area contributed by atoms with Gasteiger partial charge in [-0.05, 0) is 13.3 Å². The molecule has 0 fully saturated rings. The summed E-state index contributed by atoms with van der Waals surface area (Å²) in [6.45, 7) is 9.29. The molecule has 0 amide bonds. The fourth-order valence-corrected chi connectivity index (χ4v) is 2.16. The van der Waals surface area contributed by atoms with Crippen LogP contribution in [0.2, 0.25) is 0 Å². The Morgan fingerprint density at radius 2 is 2.16 bits per heavy atom. The first-order chi connectivity index (χ1) is 9.02. The second kappa shape index (κ2) is 5.65. The summed E-state index contributed by atoms with van der Waals surface area (Å²) in [6.07, 6.45) is 5.01. The molecule has 0 aliphatic rings. The molecule has 0 aromatic carbocycles. The molecule has 2 rings (SSSR count). The van der Waals surface area contributed by atoms with Gasteiger partial charge in [-0.25, -0.2) is 4.98 Å². The largest absolute Gasteiger partial charge is 0.343 e. The van der Waals surface area contributed by atoms with Gasteiger partial charge in [0.15, 0.2) is 0 Å².